The van der Waals surface area contributed by atoms with Crippen molar-refractivity contribution in [2.24, 2.45) is 0 Å². The van der Waals surface area contributed by atoms with Gasteiger partial charge >= 0.3 is 0 Å². The summed E-state index contributed by atoms with van der Waals surface area (Å²) in [6.45, 7) is 0. The first-order valence-corrected chi connectivity index (χ1v) is 4.23. The first-order valence-electron chi connectivity index (χ1n) is 3.44. The number of nitrogens with zero attached hydrogens (tertiary/aromatic N) is 2. The zero-order valence-electron chi connectivity index (χ0n) is 6.16. The molecular weight excluding hydrogens is 218 g/mol. The molecule has 2 rings (SSSR count). The molecule has 0 amide bonds. The number of halogens is 1. The van der Waals surface area contributed by atoms with Crippen LogP contribution in [-0.2, 0) is 0 Å². The molecule has 4 heteroatoms. The van der Waals surface area contributed by atoms with E-state index in [9.17, 15) is 0 Å². The van der Waals surface area contributed by atoms with Gasteiger partial charge in [0.2, 0.25) is 0 Å². The van der Waals surface area contributed by atoms with Crippen molar-refractivity contribution in [3.05, 3.63) is 29.0 Å². The molecule has 0 saturated carbocycles. The lowest BCUT2D eigenvalue weighted by atomic mass is 10.2. The maximum absolute atomic E-state index is 5.63. The van der Waals surface area contributed by atoms with Gasteiger partial charge in [0.1, 0.15) is 15.9 Å². The normalized spacial score (nSPS) is 10.4. The minimum atomic E-state index is 0.466. The van der Waals surface area contributed by atoms with Crippen LogP contribution in [0.4, 0.5) is 5.82 Å². The Morgan fingerprint density at radius 1 is 1.25 bits per heavy atom. The third kappa shape index (κ3) is 1.14. The van der Waals surface area contributed by atoms with Crippen LogP contribution in [0.1, 0.15) is 0 Å². The van der Waals surface area contributed by atoms with E-state index in [1.54, 1.807) is 6.20 Å². The molecule has 0 aromatic carbocycles. The van der Waals surface area contributed by atoms with Gasteiger partial charge in [-0.15, -0.1) is 0 Å². The van der Waals surface area contributed by atoms with Crippen LogP contribution in [0.15, 0.2) is 29.0 Å². The highest BCUT2D eigenvalue weighted by molar-refractivity contribution is 9.10. The molecule has 0 saturated heterocycles. The van der Waals surface area contributed by atoms with Crippen LogP contribution < -0.4 is 5.73 Å². The third-order valence-electron chi connectivity index (χ3n) is 1.60. The third-order valence-corrected chi connectivity index (χ3v) is 2.04. The van der Waals surface area contributed by atoms with Crippen LogP contribution >= 0.6 is 15.9 Å². The second-order valence-corrected chi connectivity index (χ2v) is 3.21. The monoisotopic (exact) mass is 223 g/mol. The Hall–Kier alpha value is -1.16. The number of nitrogen functional groups attached to an aromatic ring is 1. The Kier molecular flexibility index (Phi) is 1.69. The minimum absolute atomic E-state index is 0.466. The molecular formula is C8H6BrN3. The van der Waals surface area contributed by atoms with Crippen LogP contribution in [0.25, 0.3) is 10.9 Å². The summed E-state index contributed by atoms with van der Waals surface area (Å²) in [5, 5.41) is 1.01. The minimum Gasteiger partial charge on any atom is -0.382 e. The average Bonchev–Trinajstić information content (AvgIpc) is 2.07. The predicted octanol–water partition coefficient (Wildman–Crippen LogP) is 1.97. The number of aromatic nitrogens is 2. The highest BCUT2D eigenvalue weighted by atomic mass is 79.9. The standard InChI is InChI=1S/C8H6BrN3/c9-6-2-1-5-3-4-11-8(10)7(5)12-6/h1-4H,(H2,10,11). The number of fused-ring (bicyclic) bond motifs is 1. The van der Waals surface area contributed by atoms with E-state index >= 15 is 0 Å². The number of nitrogens with two attached hydrogens (primary N) is 1. The Morgan fingerprint density at radius 3 is 2.92 bits per heavy atom. The van der Waals surface area contributed by atoms with Crippen molar-refractivity contribution in [1.82, 2.24) is 9.97 Å². The maximum Gasteiger partial charge on any atom is 0.149 e. The summed E-state index contributed by atoms with van der Waals surface area (Å²) in [5.41, 5.74) is 6.37. The van der Waals surface area contributed by atoms with Crippen LogP contribution in [0.5, 0.6) is 0 Å². The van der Waals surface area contributed by atoms with Crippen molar-refractivity contribution in [2.45, 2.75) is 0 Å². The highest BCUT2D eigenvalue weighted by Gasteiger charge is 1.99. The first-order chi connectivity index (χ1) is 5.77. The zero-order chi connectivity index (χ0) is 8.55. The fraction of sp³-hybridized carbons (Fsp3) is 0. The Morgan fingerprint density at radius 2 is 2.08 bits per heavy atom. The molecule has 0 aliphatic rings. The van der Waals surface area contributed by atoms with Crippen molar-refractivity contribution in [1.29, 1.82) is 0 Å². The number of hydrogen-bond donors (Lipinski definition) is 1. The molecule has 0 fully saturated rings. The number of hydrogen-bond acceptors (Lipinski definition) is 3. The zero-order valence-corrected chi connectivity index (χ0v) is 7.75. The number of rotatable bonds is 0. The van der Waals surface area contributed by atoms with Gasteiger partial charge < -0.3 is 5.73 Å². The van der Waals surface area contributed by atoms with Gasteiger partial charge in [-0.25, -0.2) is 9.97 Å². The molecule has 0 aliphatic heterocycles. The van der Waals surface area contributed by atoms with Gasteiger partial charge in [-0.3, -0.25) is 0 Å². The molecule has 2 N–H and O–H groups in total. The van der Waals surface area contributed by atoms with Gasteiger partial charge in [-0.05, 0) is 34.1 Å². The molecule has 2 aromatic heterocycles. The van der Waals surface area contributed by atoms with Gasteiger partial charge in [0.15, 0.2) is 0 Å². The first kappa shape index (κ1) is 7.49. The van der Waals surface area contributed by atoms with Crippen LogP contribution in [0.2, 0.25) is 0 Å². The second kappa shape index (κ2) is 2.71. The molecule has 12 heavy (non-hydrogen) atoms. The van der Waals surface area contributed by atoms with Gasteiger partial charge in [-0.2, -0.15) is 0 Å². The van der Waals surface area contributed by atoms with Crippen molar-refractivity contribution in [3.8, 4) is 0 Å². The Bertz CT molecular complexity index is 428. The van der Waals surface area contributed by atoms with Crippen LogP contribution in [0, 0.1) is 0 Å². The van der Waals surface area contributed by atoms with Crippen LogP contribution in [0.3, 0.4) is 0 Å². The Balaban J connectivity index is 2.88. The van der Waals surface area contributed by atoms with E-state index in [0.29, 0.717) is 5.82 Å². The summed E-state index contributed by atoms with van der Waals surface area (Å²) in [5.74, 6) is 0.466. The SMILES string of the molecule is Nc1nccc2ccc(Br)nc12. The van der Waals surface area contributed by atoms with E-state index < -0.39 is 0 Å². The van der Waals surface area contributed by atoms with Crippen molar-refractivity contribution < 1.29 is 0 Å². The van der Waals surface area contributed by atoms with Gasteiger partial charge in [-0.1, -0.05) is 0 Å². The maximum atomic E-state index is 5.63. The summed E-state index contributed by atoms with van der Waals surface area (Å²) < 4.78 is 0.773. The lowest BCUT2D eigenvalue weighted by Crippen LogP contribution is -1.92. The average molecular weight is 224 g/mol. The van der Waals surface area contributed by atoms with E-state index in [2.05, 4.69) is 25.9 Å². The molecule has 2 heterocycles. The molecule has 0 aliphatic carbocycles. The molecule has 0 bridgehead atoms. The van der Waals surface area contributed by atoms with E-state index in [1.807, 2.05) is 18.2 Å². The number of anilines is 1. The van der Waals surface area contributed by atoms with Gasteiger partial charge in [0, 0.05) is 11.6 Å². The lowest BCUT2D eigenvalue weighted by Gasteiger charge is -1.99. The highest BCUT2D eigenvalue weighted by Crippen LogP contribution is 2.18. The van der Waals surface area contributed by atoms with E-state index in [4.69, 9.17) is 5.73 Å². The molecule has 0 unspecified atom stereocenters. The summed E-state index contributed by atoms with van der Waals surface area (Å²) in [6.07, 6.45) is 1.67. The van der Waals surface area contributed by atoms with Gasteiger partial charge in [0.05, 0.1) is 0 Å². The topological polar surface area (TPSA) is 51.8 Å². The van der Waals surface area contributed by atoms with E-state index in [0.717, 1.165) is 15.5 Å². The molecule has 3 nitrogen and oxygen atoms in total. The molecule has 0 radical (unpaired) electrons. The van der Waals surface area contributed by atoms with E-state index in [1.165, 1.54) is 0 Å². The molecule has 0 spiro atoms. The summed E-state index contributed by atoms with van der Waals surface area (Å²) >= 11 is 3.27. The Labute approximate surface area is 77.8 Å². The summed E-state index contributed by atoms with van der Waals surface area (Å²) in [7, 11) is 0. The lowest BCUT2D eigenvalue weighted by molar-refractivity contribution is 1.29. The van der Waals surface area contributed by atoms with Crippen molar-refractivity contribution in [3.63, 3.8) is 0 Å². The van der Waals surface area contributed by atoms with E-state index in [-0.39, 0.29) is 0 Å². The molecule has 2 aromatic rings. The summed E-state index contributed by atoms with van der Waals surface area (Å²) in [6, 6.07) is 5.71. The van der Waals surface area contributed by atoms with Crippen molar-refractivity contribution >= 4 is 32.7 Å². The smallest absolute Gasteiger partial charge is 0.149 e. The van der Waals surface area contributed by atoms with Crippen molar-refractivity contribution in [2.75, 3.05) is 5.73 Å². The van der Waals surface area contributed by atoms with Crippen LogP contribution in [-0.4, -0.2) is 9.97 Å². The largest absolute Gasteiger partial charge is 0.382 e. The quantitative estimate of drug-likeness (QED) is 0.696. The van der Waals surface area contributed by atoms with Gasteiger partial charge in [0.25, 0.3) is 0 Å². The molecule has 60 valence electrons. The number of pyridine rings is 2. The fourth-order valence-corrected chi connectivity index (χ4v) is 1.35. The fourth-order valence-electron chi connectivity index (χ4n) is 1.04. The second-order valence-electron chi connectivity index (χ2n) is 2.40. The molecule has 0 atom stereocenters. The predicted molar refractivity (Wildman–Crippen MR) is 51.7 cm³/mol. The summed E-state index contributed by atoms with van der Waals surface area (Å²) in [4.78, 5) is 8.15.